The van der Waals surface area contributed by atoms with Gasteiger partial charge in [-0.25, -0.2) is 0 Å². The van der Waals surface area contributed by atoms with Crippen LogP contribution in [0.2, 0.25) is 0 Å². The van der Waals surface area contributed by atoms with Gasteiger partial charge in [-0.15, -0.1) is 0 Å². The van der Waals surface area contributed by atoms with Crippen molar-refractivity contribution in [1.82, 2.24) is 0 Å². The van der Waals surface area contributed by atoms with Crippen molar-refractivity contribution >= 4 is 0 Å². The molecule has 23 heavy (non-hydrogen) atoms. The van der Waals surface area contributed by atoms with Gasteiger partial charge in [0.2, 0.25) is 0 Å². The molecule has 4 unspecified atom stereocenters. The van der Waals surface area contributed by atoms with E-state index in [1.54, 1.807) is 11.1 Å². The van der Waals surface area contributed by atoms with Crippen molar-refractivity contribution in [3.8, 4) is 0 Å². The molecule has 0 nitrogen and oxygen atoms in total. The first-order valence-corrected chi connectivity index (χ1v) is 9.17. The van der Waals surface area contributed by atoms with E-state index in [-0.39, 0.29) is 0 Å². The Balaban J connectivity index is 1.55. The molecule has 0 spiro atoms. The lowest BCUT2D eigenvalue weighted by Crippen LogP contribution is -2.15. The van der Waals surface area contributed by atoms with E-state index in [1.165, 1.54) is 41.5 Å². The molecule has 0 saturated heterocycles. The van der Waals surface area contributed by atoms with Gasteiger partial charge in [0.05, 0.1) is 0 Å². The van der Waals surface area contributed by atoms with Crippen LogP contribution in [0.4, 0.5) is 0 Å². The molecule has 2 aromatic carbocycles. The van der Waals surface area contributed by atoms with Crippen LogP contribution >= 0.6 is 0 Å². The van der Waals surface area contributed by atoms with Crippen LogP contribution in [0.3, 0.4) is 0 Å². The summed E-state index contributed by atoms with van der Waals surface area (Å²) in [6, 6.07) is 14.3. The van der Waals surface area contributed by atoms with E-state index >= 15 is 0 Å². The molecule has 4 atom stereocenters. The highest BCUT2D eigenvalue weighted by Crippen LogP contribution is 2.59. The summed E-state index contributed by atoms with van der Waals surface area (Å²) < 4.78 is 0. The Bertz CT molecular complexity index is 676. The lowest BCUT2D eigenvalue weighted by atomic mass is 9.75. The predicted molar refractivity (Wildman–Crippen MR) is 98.1 cm³/mol. The monoisotopic (exact) mass is 304 g/mol. The SMILES string of the molecule is Cc1ccc(C2CC3CC2CC3c2ccc(C)c(C)c2)cc1C. The first-order chi connectivity index (χ1) is 11.0. The molecule has 0 heteroatoms. The van der Waals surface area contributed by atoms with Gasteiger partial charge in [0.25, 0.3) is 0 Å². The van der Waals surface area contributed by atoms with E-state index in [0.717, 1.165) is 23.7 Å². The van der Waals surface area contributed by atoms with Crippen LogP contribution in [-0.2, 0) is 0 Å². The molecule has 2 bridgehead atoms. The van der Waals surface area contributed by atoms with Crippen molar-refractivity contribution in [3.05, 3.63) is 69.8 Å². The van der Waals surface area contributed by atoms with E-state index in [1.807, 2.05) is 0 Å². The molecule has 120 valence electrons. The zero-order valence-corrected chi connectivity index (χ0v) is 14.9. The van der Waals surface area contributed by atoms with Crippen molar-refractivity contribution in [1.29, 1.82) is 0 Å². The van der Waals surface area contributed by atoms with Crippen molar-refractivity contribution in [2.45, 2.75) is 58.8 Å². The van der Waals surface area contributed by atoms with E-state index < -0.39 is 0 Å². The molecule has 0 aromatic heterocycles. The third-order valence-electron chi connectivity index (χ3n) is 6.78. The summed E-state index contributed by atoms with van der Waals surface area (Å²) in [6.07, 6.45) is 4.23. The molecule has 2 aromatic rings. The highest BCUT2D eigenvalue weighted by Gasteiger charge is 2.46. The Hall–Kier alpha value is -1.56. The molecule has 2 aliphatic carbocycles. The molecule has 0 amide bonds. The van der Waals surface area contributed by atoms with Crippen molar-refractivity contribution in [2.75, 3.05) is 0 Å². The van der Waals surface area contributed by atoms with Gasteiger partial charge in [0.15, 0.2) is 0 Å². The quantitative estimate of drug-likeness (QED) is 0.618. The zero-order valence-electron chi connectivity index (χ0n) is 14.9. The standard InChI is InChI=1S/C23H28/c1-14-5-7-18(9-16(14)3)22-12-21-11-20(22)13-23(21)19-8-6-15(2)17(4)10-19/h5-10,20-23H,11-13H2,1-4H3. The summed E-state index contributed by atoms with van der Waals surface area (Å²) >= 11 is 0. The summed E-state index contributed by atoms with van der Waals surface area (Å²) in [5, 5.41) is 0. The molecular formula is C23H28. The maximum absolute atomic E-state index is 2.45. The lowest BCUT2D eigenvalue weighted by Gasteiger charge is -2.29. The van der Waals surface area contributed by atoms with Gasteiger partial charge in [-0.2, -0.15) is 0 Å². The maximum Gasteiger partial charge on any atom is -0.0130 e. The van der Waals surface area contributed by atoms with Crippen LogP contribution in [0.1, 0.15) is 64.5 Å². The van der Waals surface area contributed by atoms with Gasteiger partial charge < -0.3 is 0 Å². The number of aryl methyl sites for hydroxylation is 4. The van der Waals surface area contributed by atoms with Crippen LogP contribution in [0.15, 0.2) is 36.4 Å². The highest BCUT2D eigenvalue weighted by molar-refractivity contribution is 5.36. The number of hydrogen-bond donors (Lipinski definition) is 0. The summed E-state index contributed by atoms with van der Waals surface area (Å²) in [7, 11) is 0. The van der Waals surface area contributed by atoms with E-state index in [4.69, 9.17) is 0 Å². The molecule has 2 saturated carbocycles. The summed E-state index contributed by atoms with van der Waals surface area (Å²) in [4.78, 5) is 0. The number of benzene rings is 2. The number of fused-ring (bicyclic) bond motifs is 2. The summed E-state index contributed by atoms with van der Waals surface area (Å²) in [5.74, 6) is 3.41. The molecule has 0 aliphatic heterocycles. The van der Waals surface area contributed by atoms with Gasteiger partial charge in [-0.3, -0.25) is 0 Å². The largest absolute Gasteiger partial charge is 0.0588 e. The minimum absolute atomic E-state index is 0.807. The van der Waals surface area contributed by atoms with Crippen LogP contribution in [0, 0.1) is 39.5 Å². The topological polar surface area (TPSA) is 0 Å². The van der Waals surface area contributed by atoms with Gasteiger partial charge in [0, 0.05) is 0 Å². The molecule has 0 N–H and O–H groups in total. The van der Waals surface area contributed by atoms with E-state index in [9.17, 15) is 0 Å². The van der Waals surface area contributed by atoms with Crippen LogP contribution in [0.25, 0.3) is 0 Å². The van der Waals surface area contributed by atoms with Crippen LogP contribution in [0.5, 0.6) is 0 Å². The Morgan fingerprint density at radius 2 is 1.00 bits per heavy atom. The lowest BCUT2D eigenvalue weighted by molar-refractivity contribution is 0.375. The minimum atomic E-state index is 0.807. The molecule has 4 rings (SSSR count). The fourth-order valence-electron chi connectivity index (χ4n) is 5.08. The Labute approximate surface area is 140 Å². The van der Waals surface area contributed by atoms with Crippen LogP contribution in [-0.4, -0.2) is 0 Å². The third-order valence-corrected chi connectivity index (χ3v) is 6.78. The van der Waals surface area contributed by atoms with Crippen molar-refractivity contribution < 1.29 is 0 Å². The average molecular weight is 304 g/mol. The molecule has 2 fully saturated rings. The Kier molecular flexibility index (Phi) is 3.59. The molecule has 0 radical (unpaired) electrons. The number of hydrogen-bond acceptors (Lipinski definition) is 0. The smallest absolute Gasteiger partial charge is 0.0130 e. The second-order valence-electron chi connectivity index (χ2n) is 8.13. The summed E-state index contributed by atoms with van der Waals surface area (Å²) in [5.41, 5.74) is 8.94. The van der Waals surface area contributed by atoms with E-state index in [0.29, 0.717) is 0 Å². The van der Waals surface area contributed by atoms with Crippen LogP contribution < -0.4 is 0 Å². The Morgan fingerprint density at radius 1 is 0.565 bits per heavy atom. The first kappa shape index (κ1) is 15.0. The minimum Gasteiger partial charge on any atom is -0.0588 e. The zero-order chi connectivity index (χ0) is 16.1. The fourth-order valence-corrected chi connectivity index (χ4v) is 5.08. The molecular weight excluding hydrogens is 276 g/mol. The summed E-state index contributed by atoms with van der Waals surface area (Å²) in [6.45, 7) is 8.94. The van der Waals surface area contributed by atoms with E-state index in [2.05, 4.69) is 64.1 Å². The third kappa shape index (κ3) is 2.53. The fraction of sp³-hybridized carbons (Fsp3) is 0.478. The maximum atomic E-state index is 2.45. The highest BCUT2D eigenvalue weighted by atomic mass is 14.5. The first-order valence-electron chi connectivity index (χ1n) is 9.17. The van der Waals surface area contributed by atoms with Gasteiger partial charge in [-0.05, 0) is 104 Å². The normalized spacial score (nSPS) is 29.2. The van der Waals surface area contributed by atoms with Gasteiger partial charge in [0.1, 0.15) is 0 Å². The van der Waals surface area contributed by atoms with Crippen molar-refractivity contribution in [3.63, 3.8) is 0 Å². The van der Waals surface area contributed by atoms with Gasteiger partial charge in [-0.1, -0.05) is 36.4 Å². The number of rotatable bonds is 2. The molecule has 2 aliphatic rings. The predicted octanol–water partition coefficient (Wildman–Crippen LogP) is 6.22. The second kappa shape index (κ2) is 5.51. The molecule has 0 heterocycles. The van der Waals surface area contributed by atoms with Crippen molar-refractivity contribution in [2.24, 2.45) is 11.8 Å². The Morgan fingerprint density at radius 3 is 1.35 bits per heavy atom. The second-order valence-corrected chi connectivity index (χ2v) is 8.13. The van der Waals surface area contributed by atoms with Gasteiger partial charge >= 0.3 is 0 Å². The average Bonchev–Trinajstić information content (AvgIpc) is 3.13.